The maximum atomic E-state index is 13.2. The van der Waals surface area contributed by atoms with E-state index < -0.39 is 30.8 Å². The van der Waals surface area contributed by atoms with Gasteiger partial charge in [0.15, 0.2) is 0 Å². The summed E-state index contributed by atoms with van der Waals surface area (Å²) in [5, 5.41) is 10.0. The molecule has 6 nitrogen and oxygen atoms in total. The SMILES string of the molecule is O=C(O)C1CCOc2cc(Oc3ccc(C(=O)N(CC(F)F)c4ccc(Cl)cc4)cc3)c(Cl)cc21. The van der Waals surface area contributed by atoms with Crippen LogP contribution in [0.5, 0.6) is 17.2 Å². The molecule has 1 amide bonds. The number of aliphatic carboxylic acids is 1. The number of anilines is 1. The number of fused-ring (bicyclic) bond motifs is 1. The van der Waals surface area contributed by atoms with Gasteiger partial charge in [-0.2, -0.15) is 0 Å². The van der Waals surface area contributed by atoms with Crippen LogP contribution in [0, 0.1) is 0 Å². The van der Waals surface area contributed by atoms with Crippen LogP contribution >= 0.6 is 23.2 Å². The van der Waals surface area contributed by atoms with Crippen molar-refractivity contribution in [2.45, 2.75) is 18.8 Å². The lowest BCUT2D eigenvalue weighted by molar-refractivity contribution is -0.139. The first kappa shape index (κ1) is 24.8. The van der Waals surface area contributed by atoms with Gasteiger partial charge in [-0.3, -0.25) is 9.59 Å². The van der Waals surface area contributed by atoms with Gasteiger partial charge < -0.3 is 19.5 Å². The molecule has 10 heteroatoms. The molecule has 0 bridgehead atoms. The summed E-state index contributed by atoms with van der Waals surface area (Å²) in [6, 6.07) is 15.0. The molecule has 1 aliphatic rings. The number of carboxylic acid groups (broad SMARTS) is 1. The molecule has 182 valence electrons. The van der Waals surface area contributed by atoms with Crippen molar-refractivity contribution in [1.29, 1.82) is 0 Å². The number of hydrogen-bond acceptors (Lipinski definition) is 4. The van der Waals surface area contributed by atoms with Crippen LogP contribution in [0.3, 0.4) is 0 Å². The van der Waals surface area contributed by atoms with Gasteiger partial charge in [-0.25, -0.2) is 8.78 Å². The van der Waals surface area contributed by atoms with Gasteiger partial charge in [-0.05, 0) is 61.0 Å². The number of carbonyl (C=O) groups excluding carboxylic acids is 1. The number of hydrogen-bond donors (Lipinski definition) is 1. The van der Waals surface area contributed by atoms with Crippen LogP contribution in [0.25, 0.3) is 0 Å². The number of carbonyl (C=O) groups is 2. The molecule has 1 unspecified atom stereocenters. The molecule has 0 aliphatic carbocycles. The fraction of sp³-hybridized carbons (Fsp3) is 0.200. The molecule has 3 aromatic rings. The van der Waals surface area contributed by atoms with Crippen LogP contribution < -0.4 is 14.4 Å². The molecule has 0 aromatic heterocycles. The van der Waals surface area contributed by atoms with Crippen molar-refractivity contribution in [3.8, 4) is 17.2 Å². The van der Waals surface area contributed by atoms with Crippen molar-refractivity contribution < 1.29 is 33.0 Å². The number of amides is 1. The highest BCUT2D eigenvalue weighted by molar-refractivity contribution is 6.32. The zero-order valence-electron chi connectivity index (χ0n) is 18.1. The second-order valence-corrected chi connectivity index (χ2v) is 8.60. The van der Waals surface area contributed by atoms with E-state index in [0.717, 1.165) is 4.90 Å². The van der Waals surface area contributed by atoms with Crippen molar-refractivity contribution in [2.24, 2.45) is 0 Å². The second kappa shape index (κ2) is 10.5. The molecule has 3 aromatic carbocycles. The van der Waals surface area contributed by atoms with E-state index in [1.165, 1.54) is 60.7 Å². The van der Waals surface area contributed by atoms with Crippen molar-refractivity contribution >= 4 is 40.8 Å². The lowest BCUT2D eigenvalue weighted by atomic mass is 9.93. The van der Waals surface area contributed by atoms with Gasteiger partial charge in [0.2, 0.25) is 0 Å². The zero-order chi connectivity index (χ0) is 25.1. The Morgan fingerprint density at radius 2 is 1.77 bits per heavy atom. The molecule has 1 N–H and O–H groups in total. The predicted molar refractivity (Wildman–Crippen MR) is 128 cm³/mol. The smallest absolute Gasteiger partial charge is 0.311 e. The maximum absolute atomic E-state index is 13.2. The van der Waals surface area contributed by atoms with Gasteiger partial charge in [0.25, 0.3) is 12.3 Å². The Labute approximate surface area is 209 Å². The van der Waals surface area contributed by atoms with Crippen LogP contribution in [0.4, 0.5) is 14.5 Å². The third-order valence-electron chi connectivity index (χ3n) is 5.44. The summed E-state index contributed by atoms with van der Waals surface area (Å²) in [7, 11) is 0. The number of halogens is 4. The van der Waals surface area contributed by atoms with Gasteiger partial charge in [0.05, 0.1) is 24.1 Å². The summed E-state index contributed by atoms with van der Waals surface area (Å²) < 4.78 is 37.7. The Hall–Kier alpha value is -3.36. The molecular weight excluding hydrogens is 503 g/mol. The summed E-state index contributed by atoms with van der Waals surface area (Å²) in [4.78, 5) is 25.4. The summed E-state index contributed by atoms with van der Waals surface area (Å²) in [5.41, 5.74) is 0.945. The summed E-state index contributed by atoms with van der Waals surface area (Å²) in [6.07, 6.45) is -2.39. The number of carboxylic acids is 1. The van der Waals surface area contributed by atoms with Gasteiger partial charge in [-0.15, -0.1) is 0 Å². The minimum Gasteiger partial charge on any atom is -0.493 e. The molecule has 0 radical (unpaired) electrons. The Kier molecular flexibility index (Phi) is 7.42. The standard InChI is InChI=1S/C25H19Cl2F2NO5/c26-15-3-5-16(6-4-15)30(13-23(28)29)24(31)14-1-7-17(8-2-14)35-22-12-21-19(11-20(22)27)18(25(32)33)9-10-34-21/h1-8,11-12,18,23H,9-10,13H2,(H,32,33). The molecule has 0 spiro atoms. The molecule has 1 heterocycles. The number of benzene rings is 3. The molecule has 0 saturated carbocycles. The van der Waals surface area contributed by atoms with E-state index in [9.17, 15) is 23.5 Å². The minimum atomic E-state index is -2.73. The molecule has 0 fully saturated rings. The number of rotatable bonds is 7. The molecule has 1 aliphatic heterocycles. The monoisotopic (exact) mass is 521 g/mol. The first-order valence-electron chi connectivity index (χ1n) is 10.6. The fourth-order valence-corrected chi connectivity index (χ4v) is 4.07. The Balaban J connectivity index is 1.54. The minimum absolute atomic E-state index is 0.178. The van der Waals surface area contributed by atoms with Gasteiger partial charge in [0.1, 0.15) is 17.2 Å². The van der Waals surface area contributed by atoms with E-state index in [4.69, 9.17) is 32.7 Å². The molecule has 35 heavy (non-hydrogen) atoms. The number of alkyl halides is 2. The molecule has 1 atom stereocenters. The van der Waals surface area contributed by atoms with Crippen LogP contribution in [0.1, 0.15) is 28.3 Å². The van der Waals surface area contributed by atoms with Crippen molar-refractivity contribution in [3.63, 3.8) is 0 Å². The summed E-state index contributed by atoms with van der Waals surface area (Å²) in [6.45, 7) is -0.522. The molecule has 4 rings (SSSR count). The highest BCUT2D eigenvalue weighted by Crippen LogP contribution is 2.41. The topological polar surface area (TPSA) is 76.1 Å². The lowest BCUT2D eigenvalue weighted by Gasteiger charge is -2.24. The first-order valence-corrected chi connectivity index (χ1v) is 11.3. The van der Waals surface area contributed by atoms with E-state index in [0.29, 0.717) is 34.2 Å². The van der Waals surface area contributed by atoms with E-state index >= 15 is 0 Å². The lowest BCUT2D eigenvalue weighted by Crippen LogP contribution is -2.35. The predicted octanol–water partition coefficient (Wildman–Crippen LogP) is 6.65. The highest BCUT2D eigenvalue weighted by atomic mass is 35.5. The Bertz CT molecular complexity index is 1240. The van der Waals surface area contributed by atoms with Gasteiger partial charge >= 0.3 is 5.97 Å². The van der Waals surface area contributed by atoms with E-state index in [2.05, 4.69) is 0 Å². The van der Waals surface area contributed by atoms with Crippen LogP contribution in [-0.4, -0.2) is 36.6 Å². The summed E-state index contributed by atoms with van der Waals surface area (Å²) >= 11 is 12.2. The largest absolute Gasteiger partial charge is 0.493 e. The fourth-order valence-electron chi connectivity index (χ4n) is 3.74. The Morgan fingerprint density at radius 3 is 2.40 bits per heavy atom. The second-order valence-electron chi connectivity index (χ2n) is 7.76. The first-order chi connectivity index (χ1) is 16.7. The van der Waals surface area contributed by atoms with Gasteiger partial charge in [0, 0.05) is 27.9 Å². The average molecular weight is 522 g/mol. The maximum Gasteiger partial charge on any atom is 0.311 e. The van der Waals surface area contributed by atoms with Crippen LogP contribution in [-0.2, 0) is 4.79 Å². The molecule has 0 saturated heterocycles. The van der Waals surface area contributed by atoms with E-state index in [1.807, 2.05) is 0 Å². The highest BCUT2D eigenvalue weighted by Gasteiger charge is 2.29. The third-order valence-corrected chi connectivity index (χ3v) is 5.98. The zero-order valence-corrected chi connectivity index (χ0v) is 19.6. The van der Waals surface area contributed by atoms with Crippen LogP contribution in [0.15, 0.2) is 60.7 Å². The Morgan fingerprint density at radius 1 is 1.09 bits per heavy atom. The van der Waals surface area contributed by atoms with E-state index in [-0.39, 0.29) is 22.9 Å². The van der Waals surface area contributed by atoms with Crippen molar-refractivity contribution in [2.75, 3.05) is 18.1 Å². The van der Waals surface area contributed by atoms with Crippen LogP contribution in [0.2, 0.25) is 10.0 Å². The normalized spacial score (nSPS) is 14.7. The average Bonchev–Trinajstić information content (AvgIpc) is 2.83. The number of nitrogens with zero attached hydrogens (tertiary/aromatic N) is 1. The summed E-state index contributed by atoms with van der Waals surface area (Å²) in [5.74, 6) is -1.33. The van der Waals surface area contributed by atoms with E-state index in [1.54, 1.807) is 0 Å². The third kappa shape index (κ3) is 5.66. The van der Waals surface area contributed by atoms with Crippen molar-refractivity contribution in [3.05, 3.63) is 81.8 Å². The van der Waals surface area contributed by atoms with Gasteiger partial charge in [-0.1, -0.05) is 23.2 Å². The quantitative estimate of drug-likeness (QED) is 0.376. The molecular formula is C25H19Cl2F2NO5. The number of ether oxygens (including phenoxy) is 2. The van der Waals surface area contributed by atoms with Crippen molar-refractivity contribution in [1.82, 2.24) is 0 Å².